The minimum Gasteiger partial charge on any atom is -0.317 e. The first-order valence-corrected chi connectivity index (χ1v) is 6.77. The van der Waals surface area contributed by atoms with Gasteiger partial charge in [0.05, 0.1) is 0 Å². The molecule has 0 atom stereocenters. The summed E-state index contributed by atoms with van der Waals surface area (Å²) in [4.78, 5) is 12.0. The second-order valence-electron chi connectivity index (χ2n) is 4.17. The first-order valence-electron chi connectivity index (χ1n) is 5.60. The van der Waals surface area contributed by atoms with Crippen molar-refractivity contribution in [2.75, 3.05) is 5.32 Å². The average Bonchev–Trinajstić information content (AvgIpc) is 2.38. The minimum absolute atomic E-state index is 0.199. The molecule has 1 N–H and O–H groups in total. The number of carbonyl (C=O) groups is 1. The summed E-state index contributed by atoms with van der Waals surface area (Å²) in [6, 6.07) is 6.92. The summed E-state index contributed by atoms with van der Waals surface area (Å²) < 4.78 is 28.0. The number of amides is 1. The maximum atomic E-state index is 13.8. The number of nitrogens with one attached hydrogen (secondary N) is 1. The maximum absolute atomic E-state index is 13.8. The fraction of sp³-hybridized carbons (Fsp3) is 0.0714. The van der Waals surface area contributed by atoms with Gasteiger partial charge in [-0.1, -0.05) is 33.6 Å². The van der Waals surface area contributed by atoms with Gasteiger partial charge in [-0.2, -0.15) is 0 Å². The van der Waals surface area contributed by atoms with E-state index in [1.54, 1.807) is 6.07 Å². The third-order valence-corrected chi connectivity index (χ3v) is 3.32. The number of carbonyl (C=O) groups excluding carboxylic acids is 1. The molecule has 0 unspecified atom stereocenters. The molecule has 0 aliphatic rings. The lowest BCUT2D eigenvalue weighted by Gasteiger charge is -2.09. The van der Waals surface area contributed by atoms with Crippen molar-refractivity contribution < 1.29 is 13.6 Å². The molecule has 20 heavy (non-hydrogen) atoms. The van der Waals surface area contributed by atoms with Crippen LogP contribution < -0.4 is 5.32 Å². The topological polar surface area (TPSA) is 29.1 Å². The van der Waals surface area contributed by atoms with Crippen molar-refractivity contribution in [3.8, 4) is 0 Å². The monoisotopic (exact) mass is 359 g/mol. The number of aryl methyl sites for hydroxylation is 1. The number of hydrogen-bond acceptors (Lipinski definition) is 1. The standard InChI is InChI=1S/C14H9BrClF2NO/c1-7-2-3-11(17)13(12(7)18)19-14(20)8-4-9(15)6-10(16)5-8/h2-6H,1H3,(H,19,20). The summed E-state index contributed by atoms with van der Waals surface area (Å²) in [5, 5.41) is 2.56. The minimum atomic E-state index is -0.831. The molecule has 0 spiro atoms. The van der Waals surface area contributed by atoms with Crippen LogP contribution in [0.2, 0.25) is 5.02 Å². The Morgan fingerprint density at radius 2 is 1.95 bits per heavy atom. The van der Waals surface area contributed by atoms with E-state index in [2.05, 4.69) is 21.2 Å². The van der Waals surface area contributed by atoms with Gasteiger partial charge in [-0.25, -0.2) is 8.78 Å². The maximum Gasteiger partial charge on any atom is 0.255 e. The Kier molecular flexibility index (Phi) is 4.40. The highest BCUT2D eigenvalue weighted by Crippen LogP contribution is 2.24. The largest absolute Gasteiger partial charge is 0.317 e. The molecule has 2 aromatic carbocycles. The van der Waals surface area contributed by atoms with Crippen molar-refractivity contribution in [2.24, 2.45) is 0 Å². The highest BCUT2D eigenvalue weighted by molar-refractivity contribution is 9.10. The van der Waals surface area contributed by atoms with Crippen molar-refractivity contribution in [1.29, 1.82) is 0 Å². The molecular weight excluding hydrogens is 352 g/mol. The van der Waals surface area contributed by atoms with Crippen LogP contribution in [0.15, 0.2) is 34.8 Å². The van der Waals surface area contributed by atoms with Crippen LogP contribution >= 0.6 is 27.5 Å². The van der Waals surface area contributed by atoms with Crippen LogP contribution in [0, 0.1) is 18.6 Å². The lowest BCUT2D eigenvalue weighted by atomic mass is 10.1. The van der Waals surface area contributed by atoms with Crippen LogP contribution in [-0.2, 0) is 0 Å². The molecule has 0 radical (unpaired) electrons. The van der Waals surface area contributed by atoms with E-state index in [4.69, 9.17) is 11.6 Å². The van der Waals surface area contributed by atoms with E-state index in [9.17, 15) is 13.6 Å². The molecule has 0 bridgehead atoms. The molecule has 2 nitrogen and oxygen atoms in total. The Morgan fingerprint density at radius 1 is 1.25 bits per heavy atom. The first-order chi connectivity index (χ1) is 9.38. The zero-order valence-electron chi connectivity index (χ0n) is 10.3. The van der Waals surface area contributed by atoms with Crippen molar-refractivity contribution in [3.05, 3.63) is 62.6 Å². The number of benzene rings is 2. The van der Waals surface area contributed by atoms with Gasteiger partial charge in [0, 0.05) is 15.1 Å². The number of anilines is 1. The van der Waals surface area contributed by atoms with Crippen LogP contribution in [0.4, 0.5) is 14.5 Å². The Bertz CT molecular complexity index is 671. The molecule has 2 aromatic rings. The molecular formula is C14H9BrClF2NO. The van der Waals surface area contributed by atoms with Crippen molar-refractivity contribution in [3.63, 3.8) is 0 Å². The van der Waals surface area contributed by atoms with Crippen LogP contribution in [0.5, 0.6) is 0 Å². The van der Waals surface area contributed by atoms with E-state index in [0.29, 0.717) is 9.50 Å². The summed E-state index contributed by atoms with van der Waals surface area (Å²) in [6.45, 7) is 1.49. The molecule has 0 fully saturated rings. The molecule has 0 aromatic heterocycles. The Labute approximate surface area is 127 Å². The summed E-state index contributed by atoms with van der Waals surface area (Å²) in [5.74, 6) is -2.27. The van der Waals surface area contributed by atoms with Crippen molar-refractivity contribution >= 4 is 39.1 Å². The fourth-order valence-corrected chi connectivity index (χ4v) is 2.50. The number of halogens is 4. The lowest BCUT2D eigenvalue weighted by molar-refractivity contribution is 0.102. The molecule has 0 aliphatic heterocycles. The van der Waals surface area contributed by atoms with Gasteiger partial charge < -0.3 is 5.32 Å². The van der Waals surface area contributed by atoms with Crippen molar-refractivity contribution in [1.82, 2.24) is 0 Å². The van der Waals surface area contributed by atoms with Gasteiger partial charge in [-0.15, -0.1) is 0 Å². The van der Waals surface area contributed by atoms with Gasteiger partial charge in [0.25, 0.3) is 5.91 Å². The van der Waals surface area contributed by atoms with Crippen molar-refractivity contribution in [2.45, 2.75) is 6.92 Å². The Balaban J connectivity index is 2.35. The third kappa shape index (κ3) is 3.16. The number of hydrogen-bond donors (Lipinski definition) is 1. The van der Waals surface area contributed by atoms with Crippen LogP contribution in [0.1, 0.15) is 15.9 Å². The second kappa shape index (κ2) is 5.89. The molecule has 0 saturated carbocycles. The zero-order chi connectivity index (χ0) is 14.9. The van der Waals surface area contributed by atoms with Gasteiger partial charge in [0.1, 0.15) is 11.5 Å². The summed E-state index contributed by atoms with van der Waals surface area (Å²) in [5.41, 5.74) is -0.0234. The summed E-state index contributed by atoms with van der Waals surface area (Å²) in [6.07, 6.45) is 0. The molecule has 0 saturated heterocycles. The zero-order valence-corrected chi connectivity index (χ0v) is 12.6. The highest BCUT2D eigenvalue weighted by atomic mass is 79.9. The van der Waals surface area contributed by atoms with E-state index in [1.165, 1.54) is 25.1 Å². The predicted molar refractivity (Wildman–Crippen MR) is 78.2 cm³/mol. The van der Waals surface area contributed by atoms with E-state index < -0.39 is 23.2 Å². The quantitative estimate of drug-likeness (QED) is 0.807. The molecule has 104 valence electrons. The van der Waals surface area contributed by atoms with Crippen LogP contribution in [-0.4, -0.2) is 5.91 Å². The highest BCUT2D eigenvalue weighted by Gasteiger charge is 2.16. The smallest absolute Gasteiger partial charge is 0.255 e. The first kappa shape index (κ1) is 14.9. The normalized spacial score (nSPS) is 10.4. The van der Waals surface area contributed by atoms with Gasteiger partial charge in [0.15, 0.2) is 5.82 Å². The summed E-state index contributed by atoms with van der Waals surface area (Å²) in [7, 11) is 0. The van der Waals surface area contributed by atoms with Gasteiger partial charge in [-0.3, -0.25) is 4.79 Å². The predicted octanol–water partition coefficient (Wildman–Crippen LogP) is 4.94. The molecule has 2 rings (SSSR count). The number of rotatable bonds is 2. The fourth-order valence-electron chi connectivity index (χ4n) is 1.64. The molecule has 6 heteroatoms. The van der Waals surface area contributed by atoms with Gasteiger partial charge in [0.2, 0.25) is 0 Å². The van der Waals surface area contributed by atoms with E-state index in [1.807, 2.05) is 0 Å². The Hall–Kier alpha value is -1.46. The summed E-state index contributed by atoms with van der Waals surface area (Å²) >= 11 is 9.02. The second-order valence-corrected chi connectivity index (χ2v) is 5.52. The third-order valence-electron chi connectivity index (χ3n) is 2.65. The van der Waals surface area contributed by atoms with Crippen LogP contribution in [0.25, 0.3) is 0 Å². The SMILES string of the molecule is Cc1ccc(F)c(NC(=O)c2cc(Cl)cc(Br)c2)c1F. The van der Waals surface area contributed by atoms with E-state index in [-0.39, 0.29) is 11.1 Å². The van der Waals surface area contributed by atoms with E-state index >= 15 is 0 Å². The lowest BCUT2D eigenvalue weighted by Crippen LogP contribution is -2.14. The molecule has 0 aliphatic carbocycles. The van der Waals surface area contributed by atoms with Crippen LogP contribution in [0.3, 0.4) is 0 Å². The molecule has 0 heterocycles. The van der Waals surface area contributed by atoms with E-state index in [0.717, 1.165) is 6.07 Å². The average molecular weight is 361 g/mol. The van der Waals surface area contributed by atoms with Gasteiger partial charge >= 0.3 is 0 Å². The Morgan fingerprint density at radius 3 is 2.60 bits per heavy atom. The van der Waals surface area contributed by atoms with Gasteiger partial charge in [-0.05, 0) is 36.8 Å². The molecule has 1 amide bonds.